The van der Waals surface area contributed by atoms with Gasteiger partial charge in [0.15, 0.2) is 5.82 Å². The molecule has 10 heavy (non-hydrogen) atoms. The molecule has 1 aromatic heterocycles. The van der Waals surface area contributed by atoms with Gasteiger partial charge in [0.1, 0.15) is 5.84 Å². The van der Waals surface area contributed by atoms with E-state index in [9.17, 15) is 0 Å². The molecular formula is C5H9N5. The Labute approximate surface area is 58.8 Å². The fourth-order valence-corrected chi connectivity index (χ4v) is 0.511. The van der Waals surface area contributed by atoms with Crippen molar-refractivity contribution < 1.29 is 0 Å². The van der Waals surface area contributed by atoms with Crippen molar-refractivity contribution in [3.05, 3.63) is 5.82 Å². The van der Waals surface area contributed by atoms with Gasteiger partial charge in [0.2, 0.25) is 0 Å². The lowest BCUT2D eigenvalue weighted by atomic mass is 10.7. The normalized spacial score (nSPS) is 12.1. The Kier molecular flexibility index (Phi) is 1.75. The molecule has 5 heteroatoms. The number of rotatable bonds is 0. The molecule has 0 amide bonds. The first-order chi connectivity index (χ1) is 4.74. The fourth-order valence-electron chi connectivity index (χ4n) is 0.511. The first-order valence-corrected chi connectivity index (χ1v) is 2.94. The summed E-state index contributed by atoms with van der Waals surface area (Å²) in [5.74, 6) is 1.39. The van der Waals surface area contributed by atoms with Crippen molar-refractivity contribution in [3.8, 4) is 0 Å². The van der Waals surface area contributed by atoms with Gasteiger partial charge in [0.25, 0.3) is 0 Å². The average Bonchev–Trinajstić information content (AvgIpc) is 2.34. The van der Waals surface area contributed by atoms with Gasteiger partial charge in [-0.2, -0.15) is 0 Å². The van der Waals surface area contributed by atoms with Crippen LogP contribution in [0, 0.1) is 6.92 Å². The van der Waals surface area contributed by atoms with Crippen LogP contribution in [0.15, 0.2) is 4.99 Å². The summed E-state index contributed by atoms with van der Waals surface area (Å²) < 4.78 is 0. The van der Waals surface area contributed by atoms with E-state index in [1.54, 1.807) is 14.0 Å². The van der Waals surface area contributed by atoms with E-state index in [1.165, 1.54) is 4.80 Å². The van der Waals surface area contributed by atoms with Gasteiger partial charge in [-0.3, -0.25) is 4.99 Å². The van der Waals surface area contributed by atoms with E-state index < -0.39 is 0 Å². The Bertz CT molecular complexity index is 248. The zero-order chi connectivity index (χ0) is 7.56. The minimum absolute atomic E-state index is 0.656. The van der Waals surface area contributed by atoms with Crippen molar-refractivity contribution in [2.45, 2.75) is 13.8 Å². The third-order valence-corrected chi connectivity index (χ3v) is 1.13. The standard InChI is InChI=1S/C5H9N5/c1-4-7-9-10(8-4)5(2)6-3/h1-3H3. The first kappa shape index (κ1) is 6.85. The van der Waals surface area contributed by atoms with Gasteiger partial charge in [-0.25, -0.2) is 0 Å². The second kappa shape index (κ2) is 2.55. The number of aliphatic imine (C=N–C) groups is 1. The molecular weight excluding hydrogens is 130 g/mol. The summed E-state index contributed by atoms with van der Waals surface area (Å²) in [6.07, 6.45) is 0. The van der Waals surface area contributed by atoms with Crippen molar-refractivity contribution in [3.63, 3.8) is 0 Å². The SMILES string of the molecule is CN=C(C)n1nnc(C)n1. The van der Waals surface area contributed by atoms with Gasteiger partial charge >= 0.3 is 0 Å². The molecule has 0 spiro atoms. The summed E-state index contributed by atoms with van der Waals surface area (Å²) in [5.41, 5.74) is 0. The highest BCUT2D eigenvalue weighted by Gasteiger charge is 1.97. The minimum atomic E-state index is 0.656. The zero-order valence-corrected chi connectivity index (χ0v) is 6.24. The maximum absolute atomic E-state index is 3.95. The molecule has 0 unspecified atom stereocenters. The molecule has 1 heterocycles. The molecule has 0 radical (unpaired) electrons. The van der Waals surface area contributed by atoms with Gasteiger partial charge in [-0.05, 0) is 19.1 Å². The number of hydrogen-bond acceptors (Lipinski definition) is 4. The summed E-state index contributed by atoms with van der Waals surface area (Å²) >= 11 is 0. The monoisotopic (exact) mass is 139 g/mol. The van der Waals surface area contributed by atoms with Crippen LogP contribution in [0.4, 0.5) is 0 Å². The van der Waals surface area contributed by atoms with Gasteiger partial charge in [0, 0.05) is 7.05 Å². The highest BCUT2D eigenvalue weighted by Crippen LogP contribution is 1.81. The molecule has 0 N–H and O–H groups in total. The third-order valence-electron chi connectivity index (χ3n) is 1.13. The molecule has 0 aliphatic rings. The maximum atomic E-state index is 3.95. The van der Waals surface area contributed by atoms with Crippen LogP contribution in [0.5, 0.6) is 0 Å². The van der Waals surface area contributed by atoms with Crippen LogP contribution in [0.3, 0.4) is 0 Å². The topological polar surface area (TPSA) is 56.0 Å². The largest absolute Gasteiger partial charge is 0.273 e. The molecule has 0 aliphatic heterocycles. The smallest absolute Gasteiger partial charge is 0.172 e. The summed E-state index contributed by atoms with van der Waals surface area (Å²) in [6.45, 7) is 3.60. The minimum Gasteiger partial charge on any atom is -0.273 e. The van der Waals surface area contributed by atoms with Crippen molar-refractivity contribution in [2.24, 2.45) is 4.99 Å². The van der Waals surface area contributed by atoms with E-state index in [4.69, 9.17) is 0 Å². The van der Waals surface area contributed by atoms with Crippen LogP contribution in [0.2, 0.25) is 0 Å². The summed E-state index contributed by atoms with van der Waals surface area (Å²) in [7, 11) is 1.69. The molecule has 54 valence electrons. The van der Waals surface area contributed by atoms with Gasteiger partial charge in [-0.1, -0.05) is 0 Å². The predicted molar refractivity (Wildman–Crippen MR) is 37.0 cm³/mol. The Morgan fingerprint density at radius 1 is 1.60 bits per heavy atom. The van der Waals surface area contributed by atoms with Gasteiger partial charge in [-0.15, -0.1) is 15.0 Å². The lowest BCUT2D eigenvalue weighted by Gasteiger charge is -1.91. The Morgan fingerprint density at radius 3 is 2.70 bits per heavy atom. The quantitative estimate of drug-likeness (QED) is 0.372. The lowest BCUT2D eigenvalue weighted by Crippen LogP contribution is -2.11. The Balaban J connectivity index is 2.95. The molecule has 0 aliphatic carbocycles. The third kappa shape index (κ3) is 1.18. The van der Waals surface area contributed by atoms with Crippen LogP contribution in [-0.4, -0.2) is 33.1 Å². The molecule has 0 bridgehead atoms. The van der Waals surface area contributed by atoms with Crippen LogP contribution in [0.1, 0.15) is 12.7 Å². The van der Waals surface area contributed by atoms with Gasteiger partial charge < -0.3 is 0 Å². The second-order valence-electron chi connectivity index (χ2n) is 1.90. The predicted octanol–water partition coefficient (Wildman–Crippen LogP) is -0.122. The molecule has 5 nitrogen and oxygen atoms in total. The van der Waals surface area contributed by atoms with Gasteiger partial charge in [0.05, 0.1) is 0 Å². The number of aromatic nitrogens is 4. The molecule has 0 saturated carbocycles. The molecule has 0 saturated heterocycles. The maximum Gasteiger partial charge on any atom is 0.172 e. The van der Waals surface area contributed by atoms with Crippen molar-refractivity contribution >= 4 is 5.84 Å². The second-order valence-corrected chi connectivity index (χ2v) is 1.90. The summed E-state index contributed by atoms with van der Waals surface area (Å²) in [5, 5.41) is 11.4. The van der Waals surface area contributed by atoms with Crippen molar-refractivity contribution in [1.82, 2.24) is 20.2 Å². The summed E-state index contributed by atoms with van der Waals surface area (Å²) in [6, 6.07) is 0. The van der Waals surface area contributed by atoms with Crippen molar-refractivity contribution in [1.29, 1.82) is 0 Å². The van der Waals surface area contributed by atoms with E-state index in [0.29, 0.717) is 5.82 Å². The molecule has 1 rings (SSSR count). The Hall–Kier alpha value is -1.26. The van der Waals surface area contributed by atoms with Crippen LogP contribution in [-0.2, 0) is 0 Å². The average molecular weight is 139 g/mol. The lowest BCUT2D eigenvalue weighted by molar-refractivity contribution is 0.755. The Morgan fingerprint density at radius 2 is 2.30 bits per heavy atom. The van der Waals surface area contributed by atoms with E-state index in [0.717, 1.165) is 5.84 Å². The zero-order valence-electron chi connectivity index (χ0n) is 6.24. The van der Waals surface area contributed by atoms with Crippen molar-refractivity contribution in [2.75, 3.05) is 7.05 Å². The van der Waals surface area contributed by atoms with Crippen LogP contribution in [0.25, 0.3) is 0 Å². The molecule has 0 aromatic carbocycles. The highest BCUT2D eigenvalue weighted by atomic mass is 15.6. The molecule has 0 atom stereocenters. The van der Waals surface area contributed by atoms with E-state index in [-0.39, 0.29) is 0 Å². The fraction of sp³-hybridized carbons (Fsp3) is 0.600. The highest BCUT2D eigenvalue weighted by molar-refractivity contribution is 5.79. The molecule has 0 fully saturated rings. The van der Waals surface area contributed by atoms with E-state index in [2.05, 4.69) is 20.4 Å². The summed E-state index contributed by atoms with van der Waals surface area (Å²) in [4.78, 5) is 5.28. The first-order valence-electron chi connectivity index (χ1n) is 2.94. The number of hydrogen-bond donors (Lipinski definition) is 0. The van der Waals surface area contributed by atoms with E-state index >= 15 is 0 Å². The number of aryl methyl sites for hydroxylation is 1. The van der Waals surface area contributed by atoms with E-state index in [1.807, 2.05) is 6.92 Å². The molecule has 1 aromatic rings. The van der Waals surface area contributed by atoms with Crippen LogP contribution < -0.4 is 0 Å². The van der Waals surface area contributed by atoms with Crippen LogP contribution >= 0.6 is 0 Å². The number of tetrazole rings is 1. The number of nitrogens with zero attached hydrogens (tertiary/aromatic N) is 5.